The third-order valence-electron chi connectivity index (χ3n) is 3.07. The van der Waals surface area contributed by atoms with Crippen molar-refractivity contribution in [2.75, 3.05) is 0 Å². The molecule has 1 N–H and O–H groups in total. The Morgan fingerprint density at radius 1 is 1.36 bits per heavy atom. The van der Waals surface area contributed by atoms with Gasteiger partial charge in [0, 0.05) is 5.92 Å². The lowest BCUT2D eigenvalue weighted by Crippen LogP contribution is -2.20. The summed E-state index contributed by atoms with van der Waals surface area (Å²) in [5.74, 6) is 1.63. The lowest BCUT2D eigenvalue weighted by Gasteiger charge is -2.18. The van der Waals surface area contributed by atoms with Crippen molar-refractivity contribution in [1.29, 1.82) is 0 Å². The molecule has 1 heteroatoms. The summed E-state index contributed by atoms with van der Waals surface area (Å²) >= 11 is 0. The normalized spacial score (nSPS) is 47.7. The van der Waals surface area contributed by atoms with Crippen molar-refractivity contribution in [2.24, 2.45) is 17.8 Å². The third kappa shape index (κ3) is 0.951. The molecule has 0 unspecified atom stereocenters. The maximum atomic E-state index is 9.57. The number of allylic oxidation sites excluding steroid dienone is 2. The molecular weight excluding hydrogens is 136 g/mol. The van der Waals surface area contributed by atoms with Gasteiger partial charge in [-0.25, -0.2) is 0 Å². The predicted molar refractivity (Wildman–Crippen MR) is 45.0 cm³/mol. The van der Waals surface area contributed by atoms with Gasteiger partial charge in [0.15, 0.2) is 0 Å². The molecule has 0 amide bonds. The molecule has 1 nitrogen and oxygen atoms in total. The minimum Gasteiger partial charge on any atom is -0.389 e. The Kier molecular flexibility index (Phi) is 1.61. The fourth-order valence-corrected chi connectivity index (χ4v) is 2.48. The van der Waals surface area contributed by atoms with E-state index in [2.05, 4.69) is 12.7 Å². The monoisotopic (exact) mass is 150 g/mol. The first-order chi connectivity index (χ1) is 5.33. The quantitative estimate of drug-likeness (QED) is 0.564. The number of hydrogen-bond acceptors (Lipinski definition) is 1. The molecule has 0 spiro atoms. The van der Waals surface area contributed by atoms with E-state index in [0.29, 0.717) is 17.8 Å². The second-order valence-electron chi connectivity index (χ2n) is 3.59. The van der Waals surface area contributed by atoms with E-state index in [9.17, 15) is 5.11 Å². The standard InChI is InChI=1S/C10H14O/c1-2-7-3-4-8-5-6-9(11)10(7)8/h2,5-11H,1,3-4H2/t7-,8-,9+,10-/m1/s1. The van der Waals surface area contributed by atoms with E-state index in [1.54, 1.807) is 0 Å². The molecule has 0 saturated heterocycles. The fraction of sp³-hybridized carbons (Fsp3) is 0.600. The molecule has 0 bridgehead atoms. The molecule has 4 atom stereocenters. The van der Waals surface area contributed by atoms with Crippen molar-refractivity contribution < 1.29 is 5.11 Å². The maximum Gasteiger partial charge on any atom is 0.0760 e. The van der Waals surface area contributed by atoms with Crippen LogP contribution in [0.25, 0.3) is 0 Å². The van der Waals surface area contributed by atoms with Crippen LogP contribution >= 0.6 is 0 Å². The third-order valence-corrected chi connectivity index (χ3v) is 3.07. The SMILES string of the molecule is C=C[C@@H]1CC[C@@H]2C=C[C@H](O)[C@H]12. The lowest BCUT2D eigenvalue weighted by atomic mass is 9.90. The average Bonchev–Trinajstić information content (AvgIpc) is 2.54. The summed E-state index contributed by atoms with van der Waals surface area (Å²) < 4.78 is 0. The van der Waals surface area contributed by atoms with Crippen molar-refractivity contribution in [2.45, 2.75) is 18.9 Å². The van der Waals surface area contributed by atoms with Crippen LogP contribution in [0.4, 0.5) is 0 Å². The van der Waals surface area contributed by atoms with E-state index in [0.717, 1.165) is 0 Å². The number of fused-ring (bicyclic) bond motifs is 1. The first-order valence-corrected chi connectivity index (χ1v) is 4.32. The van der Waals surface area contributed by atoms with E-state index in [1.807, 2.05) is 12.2 Å². The van der Waals surface area contributed by atoms with Crippen LogP contribution in [0.15, 0.2) is 24.8 Å². The molecule has 2 aliphatic rings. The largest absolute Gasteiger partial charge is 0.389 e. The van der Waals surface area contributed by atoms with Gasteiger partial charge >= 0.3 is 0 Å². The van der Waals surface area contributed by atoms with Crippen molar-refractivity contribution in [3.63, 3.8) is 0 Å². The van der Waals surface area contributed by atoms with Gasteiger partial charge in [0.25, 0.3) is 0 Å². The van der Waals surface area contributed by atoms with E-state index < -0.39 is 0 Å². The Labute approximate surface area is 67.4 Å². The fourth-order valence-electron chi connectivity index (χ4n) is 2.48. The minimum atomic E-state index is -0.203. The van der Waals surface area contributed by atoms with Crippen molar-refractivity contribution in [3.8, 4) is 0 Å². The summed E-state index contributed by atoms with van der Waals surface area (Å²) in [5.41, 5.74) is 0. The molecule has 0 aromatic rings. The zero-order valence-electron chi connectivity index (χ0n) is 6.61. The number of rotatable bonds is 1. The highest BCUT2D eigenvalue weighted by Gasteiger charge is 2.39. The van der Waals surface area contributed by atoms with Gasteiger partial charge in [0.1, 0.15) is 0 Å². The van der Waals surface area contributed by atoms with Crippen LogP contribution in [-0.4, -0.2) is 11.2 Å². The Morgan fingerprint density at radius 2 is 2.18 bits per heavy atom. The van der Waals surface area contributed by atoms with E-state index in [1.165, 1.54) is 12.8 Å². The molecule has 1 fully saturated rings. The molecule has 2 rings (SSSR count). The van der Waals surface area contributed by atoms with Crippen molar-refractivity contribution in [3.05, 3.63) is 24.8 Å². The highest BCUT2D eigenvalue weighted by molar-refractivity contribution is 5.14. The van der Waals surface area contributed by atoms with Crippen molar-refractivity contribution >= 4 is 0 Å². The van der Waals surface area contributed by atoms with Gasteiger partial charge in [0.2, 0.25) is 0 Å². The van der Waals surface area contributed by atoms with Gasteiger partial charge in [-0.2, -0.15) is 0 Å². The summed E-state index contributed by atoms with van der Waals surface area (Å²) in [4.78, 5) is 0. The average molecular weight is 150 g/mol. The molecule has 0 aromatic heterocycles. The Morgan fingerprint density at radius 3 is 2.91 bits per heavy atom. The second-order valence-corrected chi connectivity index (χ2v) is 3.59. The predicted octanol–water partition coefficient (Wildman–Crippen LogP) is 1.75. The van der Waals surface area contributed by atoms with Gasteiger partial charge in [-0.05, 0) is 24.7 Å². The summed E-state index contributed by atoms with van der Waals surface area (Å²) in [6, 6.07) is 0. The van der Waals surface area contributed by atoms with E-state index in [4.69, 9.17) is 0 Å². The van der Waals surface area contributed by atoms with Gasteiger partial charge in [0.05, 0.1) is 6.10 Å². The second kappa shape index (κ2) is 2.49. The topological polar surface area (TPSA) is 20.2 Å². The maximum absolute atomic E-state index is 9.57. The summed E-state index contributed by atoms with van der Waals surface area (Å²) in [5, 5.41) is 9.57. The van der Waals surface area contributed by atoms with Crippen LogP contribution in [0.5, 0.6) is 0 Å². The van der Waals surface area contributed by atoms with E-state index >= 15 is 0 Å². The van der Waals surface area contributed by atoms with Crippen molar-refractivity contribution in [1.82, 2.24) is 0 Å². The molecule has 2 aliphatic carbocycles. The highest BCUT2D eigenvalue weighted by Crippen LogP contribution is 2.44. The van der Waals surface area contributed by atoms with Crippen LogP contribution in [0.3, 0.4) is 0 Å². The van der Waals surface area contributed by atoms with Gasteiger partial charge in [-0.15, -0.1) is 6.58 Å². The minimum absolute atomic E-state index is 0.203. The first-order valence-electron chi connectivity index (χ1n) is 4.32. The Hall–Kier alpha value is -0.560. The zero-order chi connectivity index (χ0) is 7.84. The summed E-state index contributed by atoms with van der Waals surface area (Å²) in [6.45, 7) is 3.80. The lowest BCUT2D eigenvalue weighted by molar-refractivity contribution is 0.137. The molecule has 11 heavy (non-hydrogen) atoms. The number of aliphatic hydroxyl groups is 1. The first kappa shape index (κ1) is 7.11. The highest BCUT2D eigenvalue weighted by atomic mass is 16.3. The molecule has 0 aliphatic heterocycles. The summed E-state index contributed by atoms with van der Waals surface area (Å²) in [6.07, 6.45) is 8.34. The van der Waals surface area contributed by atoms with Crippen LogP contribution in [-0.2, 0) is 0 Å². The number of aliphatic hydroxyl groups excluding tert-OH is 1. The van der Waals surface area contributed by atoms with Crippen LogP contribution in [0.1, 0.15) is 12.8 Å². The molecule has 0 radical (unpaired) electrons. The summed E-state index contributed by atoms with van der Waals surface area (Å²) in [7, 11) is 0. The van der Waals surface area contributed by atoms with Crippen LogP contribution in [0.2, 0.25) is 0 Å². The Balaban J connectivity index is 2.17. The molecule has 0 heterocycles. The molecule has 1 saturated carbocycles. The molecular formula is C10H14O. The smallest absolute Gasteiger partial charge is 0.0760 e. The van der Waals surface area contributed by atoms with Gasteiger partial charge in [-0.3, -0.25) is 0 Å². The molecule has 60 valence electrons. The van der Waals surface area contributed by atoms with Crippen LogP contribution in [0, 0.1) is 17.8 Å². The van der Waals surface area contributed by atoms with Gasteiger partial charge < -0.3 is 5.11 Å². The number of hydrogen-bond donors (Lipinski definition) is 1. The van der Waals surface area contributed by atoms with Crippen LogP contribution < -0.4 is 0 Å². The van der Waals surface area contributed by atoms with Gasteiger partial charge in [-0.1, -0.05) is 18.2 Å². The van der Waals surface area contributed by atoms with E-state index in [-0.39, 0.29) is 6.10 Å². The molecule has 0 aromatic carbocycles. The Bertz CT molecular complexity index is 195. The zero-order valence-corrected chi connectivity index (χ0v) is 6.61.